The molecule has 8 unspecified atom stereocenters. The van der Waals surface area contributed by atoms with Gasteiger partial charge in [0.15, 0.2) is 11.5 Å². The number of amides is 6. The number of aliphatic hydroxyl groups is 1. The second-order valence-electron chi connectivity index (χ2n) is 42.6. The molecule has 792 valence electrons. The van der Waals surface area contributed by atoms with Gasteiger partial charge in [0.05, 0.1) is 29.5 Å². The molecule has 8 bridgehead atoms. The Kier molecular flexibility index (Phi) is 37.2. The van der Waals surface area contributed by atoms with Crippen molar-refractivity contribution in [3.8, 4) is 17.2 Å². The zero-order valence-corrected chi connectivity index (χ0v) is 88.7. The fraction of sp³-hybridized carbons (Fsp3) is 0.556. The van der Waals surface area contributed by atoms with Crippen LogP contribution in [0.25, 0.3) is 11.3 Å². The molecule has 6 aromatic carbocycles. The molecular weight excluding hydrogens is 1910 g/mol. The summed E-state index contributed by atoms with van der Waals surface area (Å²) in [4.78, 5) is 110. The van der Waals surface area contributed by atoms with Crippen molar-refractivity contribution in [1.82, 2.24) is 34.7 Å². The summed E-state index contributed by atoms with van der Waals surface area (Å²) < 4.78 is 129. The van der Waals surface area contributed by atoms with Crippen LogP contribution in [-0.4, -0.2) is 269 Å². The van der Waals surface area contributed by atoms with Crippen molar-refractivity contribution in [2.75, 3.05) is 64.0 Å². The number of alkyl halides is 3. The second-order valence-corrected chi connectivity index (χ2v) is 46.1. The highest BCUT2D eigenvalue weighted by molar-refractivity contribution is 7.93. The molecular formula is C108H146BF3N8O23S2. The van der Waals surface area contributed by atoms with Gasteiger partial charge in [-0.15, -0.1) is 0 Å². The summed E-state index contributed by atoms with van der Waals surface area (Å²) in [5, 5.41) is 28.1. The van der Waals surface area contributed by atoms with Crippen molar-refractivity contribution in [3.05, 3.63) is 197 Å². The van der Waals surface area contributed by atoms with E-state index in [1.54, 1.807) is 52.3 Å². The van der Waals surface area contributed by atoms with Crippen LogP contribution in [-0.2, 0) is 48.1 Å². The molecule has 37 heteroatoms. The molecule has 8 atom stereocenters. The van der Waals surface area contributed by atoms with Crippen molar-refractivity contribution in [2.24, 2.45) is 0 Å². The molecule has 18 rings (SSSR count). The fourth-order valence-corrected chi connectivity index (χ4v) is 22.2. The number of carbonyl (C=O) groups excluding carboxylic acids is 8. The Morgan fingerprint density at radius 2 is 0.793 bits per heavy atom. The number of rotatable bonds is 12. The third-order valence-corrected chi connectivity index (χ3v) is 29.1. The maximum Gasteiger partial charge on any atom is 0.516 e. The van der Waals surface area contributed by atoms with Crippen LogP contribution < -0.4 is 29.3 Å². The minimum atomic E-state index is -5.30. The van der Waals surface area contributed by atoms with Crippen LogP contribution >= 0.6 is 0 Å². The molecule has 145 heavy (non-hydrogen) atoms. The Labute approximate surface area is 852 Å². The van der Waals surface area contributed by atoms with E-state index in [1.165, 1.54) is 50.2 Å². The molecule has 3 spiro atoms. The number of para-hydroxylation sites is 4. The van der Waals surface area contributed by atoms with Crippen LogP contribution in [0.2, 0.25) is 0 Å². The Balaban J connectivity index is 0.000000168. The number of sulfonamides is 1. The Morgan fingerprint density at radius 3 is 1.16 bits per heavy atom. The van der Waals surface area contributed by atoms with Gasteiger partial charge in [-0.25, -0.2) is 19.2 Å². The lowest BCUT2D eigenvalue weighted by Crippen LogP contribution is -2.57. The summed E-state index contributed by atoms with van der Waals surface area (Å²) >= 11 is 0. The monoisotopic (exact) mass is 2050 g/mol. The summed E-state index contributed by atoms with van der Waals surface area (Å²) in [6.07, 6.45) is 19.7. The largest absolute Gasteiger partial charge is 0.516 e. The molecule has 6 amide bonds. The number of Topliss-reactive ketones (excluding diaryl/α,β-unsaturated/α-hetero) is 2. The van der Waals surface area contributed by atoms with Crippen LogP contribution in [0.1, 0.15) is 281 Å². The van der Waals surface area contributed by atoms with Gasteiger partial charge < -0.3 is 87.2 Å². The van der Waals surface area contributed by atoms with Crippen molar-refractivity contribution in [1.29, 1.82) is 0 Å². The zero-order chi connectivity index (χ0) is 106. The summed E-state index contributed by atoms with van der Waals surface area (Å²) in [5.41, 5.74) is -2.83. The number of aliphatic hydroxyl groups excluding tert-OH is 1. The average Bonchev–Trinajstić information content (AvgIpc) is 1.70. The van der Waals surface area contributed by atoms with E-state index in [4.69, 9.17) is 52.5 Å². The number of carbonyl (C=O) groups is 8. The molecule has 9 fully saturated rings. The smallest absolute Gasteiger partial charge is 0.486 e. The standard InChI is InChI=1S/C31H38N2O4.C21H27NO6S.C20H25NO4.C12H19NO3.C11H16BNO3.C8H8F3NO2S.C4H9N.CH4O/c1-6-32(7-2)28(34)22-14-12-21(13-15-22)26-20-31(36-27-11-9-8-10-25(26)27)18-23-16-17-24(19-31)33(23)29(35)37-30(3,4)5;1-20(2,3)27-19(23)22-14-9-10-15(22)12-21(11-14)13-18(28-29(4,24)25)16-7-5-6-8-17(16)26-21;1-19(2,3)25-18(23)21-13-8-9-14(21)11-20(10-13)12-16(22)15-6-4-5-7-17(15)24-20;1-12(2,3)16-11(15)13-8-4-5-9(13)7-10(14)6-8;1-3-13(4-2)11(14)9-5-7-10(8-6-9)12(15)16;1-12(7-5-3-2-4-6-7)15(13,14)8(9,10)11;1-2-4-5-3-1;1-2/h8-15,20,23-24H,6-7,16-19H2,1-5H3;5-8,13-15H,9-12H2,1-4H3;4-7,13-14H,8-12H2,1-3H3;8-9H,4-7H2,1-3H3;5-8,15-16H,3-4H2,1-2H3;2-6H,1H3;5H,1-4H2;2H,1H3. The highest BCUT2D eigenvalue weighted by Gasteiger charge is 2.58. The van der Waals surface area contributed by atoms with Gasteiger partial charge in [0.1, 0.15) is 62.2 Å². The minimum Gasteiger partial charge on any atom is -0.486 e. The van der Waals surface area contributed by atoms with E-state index in [-0.39, 0.29) is 106 Å². The Morgan fingerprint density at radius 1 is 0.455 bits per heavy atom. The lowest BCUT2D eigenvalue weighted by molar-refractivity contribution is -0.123. The van der Waals surface area contributed by atoms with Crippen molar-refractivity contribution >= 4 is 97.5 Å². The van der Waals surface area contributed by atoms with Crippen LogP contribution in [0.5, 0.6) is 17.2 Å². The number of nitrogens with one attached hydrogen (secondary N) is 1. The molecule has 4 N–H and O–H groups in total. The SMILES string of the molecule is C1CCNC1.CC(C)(C)OC(=O)N1C2CCC1CC(=O)C2.CC(C)(C)OC(=O)N1C2CCC1CC1(C=C(OS(C)(=O)=O)c3ccccc3O1)C2.CC(C)(C)OC(=O)N1C2CCC1CC1(CC(=O)c3ccccc3O1)C2.CCN(CC)C(=O)c1ccc(B(O)O)cc1.CCN(CC)C(=O)c1ccc(C2=CC3(CC4CCC(C3)N4C(=O)OC(C)(C)C)Oc3ccccc32)cc1.CN(c1ccccc1)S(=O)(=O)C(F)(F)F.CO. The third kappa shape index (κ3) is 29.2. The zero-order valence-electron chi connectivity index (χ0n) is 87.0. The molecule has 12 aliphatic rings. The van der Waals surface area contributed by atoms with Crippen LogP contribution in [0.4, 0.5) is 38.0 Å². The number of ether oxygens (including phenoxy) is 7. The van der Waals surface area contributed by atoms with E-state index in [2.05, 4.69) is 17.5 Å². The van der Waals surface area contributed by atoms with Crippen molar-refractivity contribution in [2.45, 2.75) is 326 Å². The minimum absolute atomic E-state index is 0.0235. The lowest BCUT2D eigenvalue weighted by Gasteiger charge is -2.47. The third-order valence-electron chi connectivity index (χ3n) is 27.1. The molecule has 31 nitrogen and oxygen atoms in total. The van der Waals surface area contributed by atoms with Gasteiger partial charge in [-0.2, -0.15) is 30.0 Å². The van der Waals surface area contributed by atoms with E-state index < -0.39 is 72.0 Å². The highest BCUT2D eigenvalue weighted by Crippen LogP contribution is 2.53. The van der Waals surface area contributed by atoms with Gasteiger partial charge in [-0.3, -0.25) is 23.5 Å². The number of halogens is 3. The molecule has 6 aromatic rings. The van der Waals surface area contributed by atoms with Gasteiger partial charge in [0, 0.05) is 163 Å². The summed E-state index contributed by atoms with van der Waals surface area (Å²) in [6.45, 7) is 35.6. The predicted molar refractivity (Wildman–Crippen MR) is 548 cm³/mol. The van der Waals surface area contributed by atoms with Gasteiger partial charge >= 0.3 is 57.1 Å². The maximum atomic E-state index is 13.0. The van der Waals surface area contributed by atoms with Crippen LogP contribution in [0.15, 0.2) is 164 Å². The molecule has 9 saturated heterocycles. The maximum absolute atomic E-state index is 13.0. The van der Waals surface area contributed by atoms with Gasteiger partial charge in [0.2, 0.25) is 0 Å². The number of nitrogens with zero attached hydrogens (tertiary/aromatic N) is 7. The van der Waals surface area contributed by atoms with Crippen LogP contribution in [0.3, 0.4) is 0 Å². The first-order valence-electron chi connectivity index (χ1n) is 50.3. The molecule has 12 aliphatic heterocycles. The Hall–Kier alpha value is -11.2. The molecule has 12 heterocycles. The first kappa shape index (κ1) is 114. The van der Waals surface area contributed by atoms with E-state index in [0.29, 0.717) is 116 Å². The molecule has 0 radical (unpaired) electrons. The summed E-state index contributed by atoms with van der Waals surface area (Å²) in [5.74, 6) is 2.89. The van der Waals surface area contributed by atoms with Gasteiger partial charge in [-0.1, -0.05) is 84.9 Å². The number of fused-ring (bicyclic) bond motifs is 11. The van der Waals surface area contributed by atoms with E-state index in [1.807, 2.05) is 215 Å². The van der Waals surface area contributed by atoms with Crippen LogP contribution in [0, 0.1) is 0 Å². The average molecular weight is 2060 g/mol. The lowest BCUT2D eigenvalue weighted by atomic mass is 9.79. The predicted octanol–water partition coefficient (Wildman–Crippen LogP) is 17.9. The number of piperidine rings is 4. The van der Waals surface area contributed by atoms with Crippen molar-refractivity contribution in [3.63, 3.8) is 0 Å². The summed E-state index contributed by atoms with van der Waals surface area (Å²) in [7, 11) is -8.61. The molecule has 0 aliphatic carbocycles. The number of anilines is 1. The second kappa shape index (κ2) is 47.3. The summed E-state index contributed by atoms with van der Waals surface area (Å²) in [6, 6.07) is 44.7. The van der Waals surface area contributed by atoms with Crippen molar-refractivity contribution < 1.29 is 121 Å². The molecule has 0 aromatic heterocycles. The number of hydrogen-bond acceptors (Lipinski definition) is 24. The quantitative estimate of drug-likeness (QED) is 0.0502. The fourth-order valence-electron chi connectivity index (χ4n) is 21.0. The highest BCUT2D eigenvalue weighted by atomic mass is 32.2. The number of ketones is 2. The van der Waals surface area contributed by atoms with Gasteiger partial charge in [0.25, 0.3) is 11.8 Å². The molecule has 0 saturated carbocycles. The Bertz CT molecular complexity index is 5750. The van der Waals surface area contributed by atoms with E-state index in [9.17, 15) is 68.4 Å². The normalized spacial score (nSPS) is 23.7. The number of hydrogen-bond donors (Lipinski definition) is 4. The van der Waals surface area contributed by atoms with E-state index in [0.717, 1.165) is 107 Å². The van der Waals surface area contributed by atoms with E-state index >= 15 is 0 Å². The first-order valence-corrected chi connectivity index (χ1v) is 53.5. The topological polar surface area (TPSA) is 374 Å². The first-order chi connectivity index (χ1) is 68.1. The number of benzene rings is 6. The van der Waals surface area contributed by atoms with Gasteiger partial charge in [-0.05, 0) is 277 Å².